The largest absolute Gasteiger partial charge is 0.481 e. The third-order valence-electron chi connectivity index (χ3n) is 1.37. The Kier molecular flexibility index (Phi) is 3.06. The summed E-state index contributed by atoms with van der Waals surface area (Å²) in [5.74, 6) is -2.31. The fraction of sp³-hybridized carbons (Fsp3) is 0.714. The minimum absolute atomic E-state index is 0.189. The van der Waals surface area contributed by atoms with Crippen molar-refractivity contribution in [3.63, 3.8) is 0 Å². The second-order valence-electron chi connectivity index (χ2n) is 2.62. The van der Waals surface area contributed by atoms with Crippen LogP contribution in [-0.2, 0) is 9.59 Å². The van der Waals surface area contributed by atoms with Gasteiger partial charge in [-0.1, -0.05) is 13.8 Å². The molecule has 0 aliphatic carbocycles. The lowest BCUT2D eigenvalue weighted by Gasteiger charge is -2.06. The molecular weight excluding hydrogens is 132 g/mol. The maximum Gasteiger partial charge on any atom is 0.313 e. The van der Waals surface area contributed by atoms with Crippen molar-refractivity contribution in [2.75, 3.05) is 0 Å². The average Bonchev–Trinajstić information content (AvgIpc) is 1.84. The fourth-order valence-electron chi connectivity index (χ4n) is 0.622. The van der Waals surface area contributed by atoms with Gasteiger partial charge in [-0.3, -0.25) is 9.59 Å². The average molecular weight is 144 g/mol. The molecule has 0 aliphatic heterocycles. The maximum atomic E-state index is 10.9. The number of Topliss-reactive ketones (excluding diaryl/α,β-unsaturated/α-hetero) is 1. The SMILES string of the molecule is CC(C)C(=O)C(C)C(=O)O. The molecule has 0 radical (unpaired) electrons. The Morgan fingerprint density at radius 1 is 1.20 bits per heavy atom. The van der Waals surface area contributed by atoms with Crippen LogP contribution in [0.3, 0.4) is 0 Å². The minimum Gasteiger partial charge on any atom is -0.481 e. The molecule has 0 rings (SSSR count). The summed E-state index contributed by atoms with van der Waals surface area (Å²) in [4.78, 5) is 21.1. The first-order valence-corrected chi connectivity index (χ1v) is 3.23. The van der Waals surface area contributed by atoms with Gasteiger partial charge in [0.1, 0.15) is 11.7 Å². The van der Waals surface area contributed by atoms with E-state index in [1.54, 1.807) is 13.8 Å². The first-order chi connectivity index (χ1) is 4.46. The van der Waals surface area contributed by atoms with Gasteiger partial charge in [-0.25, -0.2) is 0 Å². The number of aliphatic carboxylic acids is 1. The van der Waals surface area contributed by atoms with Crippen molar-refractivity contribution in [1.82, 2.24) is 0 Å². The molecule has 1 N–H and O–H groups in total. The number of carbonyl (C=O) groups excluding carboxylic acids is 1. The van der Waals surface area contributed by atoms with E-state index in [0.717, 1.165) is 0 Å². The summed E-state index contributed by atoms with van der Waals surface area (Å²) >= 11 is 0. The highest BCUT2D eigenvalue weighted by Crippen LogP contribution is 2.05. The van der Waals surface area contributed by atoms with E-state index in [4.69, 9.17) is 5.11 Å². The molecule has 0 heterocycles. The van der Waals surface area contributed by atoms with Crippen LogP contribution in [0, 0.1) is 11.8 Å². The Hall–Kier alpha value is -0.860. The highest BCUT2D eigenvalue weighted by atomic mass is 16.4. The number of carboxylic acid groups (broad SMARTS) is 1. The Balaban J connectivity index is 4.08. The predicted octanol–water partition coefficient (Wildman–Crippen LogP) is 0.932. The number of carboxylic acids is 1. The first kappa shape index (κ1) is 9.14. The van der Waals surface area contributed by atoms with E-state index in [2.05, 4.69) is 0 Å². The van der Waals surface area contributed by atoms with E-state index in [9.17, 15) is 9.59 Å². The zero-order chi connectivity index (χ0) is 8.31. The summed E-state index contributed by atoms with van der Waals surface area (Å²) in [6, 6.07) is 0. The van der Waals surface area contributed by atoms with Crippen molar-refractivity contribution in [3.05, 3.63) is 0 Å². The van der Waals surface area contributed by atoms with Gasteiger partial charge in [0.25, 0.3) is 0 Å². The number of hydrogen-bond acceptors (Lipinski definition) is 2. The van der Waals surface area contributed by atoms with Crippen molar-refractivity contribution in [3.8, 4) is 0 Å². The molecule has 0 bridgehead atoms. The molecule has 0 fully saturated rings. The molecule has 0 saturated carbocycles. The molecule has 58 valence electrons. The van der Waals surface area contributed by atoms with Crippen molar-refractivity contribution in [2.24, 2.45) is 11.8 Å². The standard InChI is InChI=1S/C7H12O3/c1-4(2)6(8)5(3)7(9)10/h4-5H,1-3H3,(H,9,10). The van der Waals surface area contributed by atoms with Crippen LogP contribution >= 0.6 is 0 Å². The zero-order valence-electron chi connectivity index (χ0n) is 6.42. The van der Waals surface area contributed by atoms with Gasteiger partial charge in [-0.05, 0) is 6.92 Å². The number of hydrogen-bond donors (Lipinski definition) is 1. The van der Waals surface area contributed by atoms with Crippen LogP contribution in [0.25, 0.3) is 0 Å². The Morgan fingerprint density at radius 2 is 1.60 bits per heavy atom. The van der Waals surface area contributed by atoms with E-state index in [1.807, 2.05) is 0 Å². The first-order valence-electron chi connectivity index (χ1n) is 3.23. The van der Waals surface area contributed by atoms with Gasteiger partial charge in [-0.15, -0.1) is 0 Å². The van der Waals surface area contributed by atoms with E-state index < -0.39 is 11.9 Å². The Labute approximate surface area is 60.0 Å². The van der Waals surface area contributed by atoms with Crippen molar-refractivity contribution in [1.29, 1.82) is 0 Å². The summed E-state index contributed by atoms with van der Waals surface area (Å²) in [5, 5.41) is 8.38. The smallest absolute Gasteiger partial charge is 0.313 e. The Morgan fingerprint density at radius 3 is 1.70 bits per heavy atom. The van der Waals surface area contributed by atoms with Gasteiger partial charge in [0.15, 0.2) is 0 Å². The van der Waals surface area contributed by atoms with Crippen LogP contribution < -0.4 is 0 Å². The molecule has 0 spiro atoms. The maximum absolute atomic E-state index is 10.9. The van der Waals surface area contributed by atoms with Crippen LogP contribution in [0.2, 0.25) is 0 Å². The van der Waals surface area contributed by atoms with Crippen LogP contribution in [0.4, 0.5) is 0 Å². The van der Waals surface area contributed by atoms with Gasteiger partial charge in [0, 0.05) is 5.92 Å². The summed E-state index contributed by atoms with van der Waals surface area (Å²) < 4.78 is 0. The summed E-state index contributed by atoms with van der Waals surface area (Å²) in [6.07, 6.45) is 0. The molecule has 3 heteroatoms. The monoisotopic (exact) mass is 144 g/mol. The van der Waals surface area contributed by atoms with Crippen molar-refractivity contribution in [2.45, 2.75) is 20.8 Å². The van der Waals surface area contributed by atoms with Gasteiger partial charge in [-0.2, -0.15) is 0 Å². The van der Waals surface area contributed by atoms with Gasteiger partial charge >= 0.3 is 5.97 Å². The van der Waals surface area contributed by atoms with E-state index >= 15 is 0 Å². The third-order valence-corrected chi connectivity index (χ3v) is 1.37. The van der Waals surface area contributed by atoms with E-state index in [0.29, 0.717) is 0 Å². The third kappa shape index (κ3) is 2.17. The lowest BCUT2D eigenvalue weighted by atomic mass is 9.97. The van der Waals surface area contributed by atoms with Crippen LogP contribution in [0.5, 0.6) is 0 Å². The van der Waals surface area contributed by atoms with E-state index in [-0.39, 0.29) is 11.7 Å². The predicted molar refractivity (Wildman–Crippen MR) is 36.6 cm³/mol. The van der Waals surface area contributed by atoms with Crippen LogP contribution in [-0.4, -0.2) is 16.9 Å². The summed E-state index contributed by atoms with van der Waals surface area (Å²) in [6.45, 7) is 4.80. The zero-order valence-corrected chi connectivity index (χ0v) is 6.42. The van der Waals surface area contributed by atoms with Crippen molar-refractivity contribution < 1.29 is 14.7 Å². The highest BCUT2D eigenvalue weighted by Gasteiger charge is 2.22. The molecule has 0 aromatic heterocycles. The number of ketones is 1. The summed E-state index contributed by atoms with van der Waals surface area (Å²) in [7, 11) is 0. The lowest BCUT2D eigenvalue weighted by Crippen LogP contribution is -2.24. The quantitative estimate of drug-likeness (QED) is 0.599. The number of rotatable bonds is 3. The molecule has 3 nitrogen and oxygen atoms in total. The van der Waals surface area contributed by atoms with Gasteiger partial charge in [0.2, 0.25) is 0 Å². The second-order valence-corrected chi connectivity index (χ2v) is 2.62. The molecule has 0 aliphatic rings. The van der Waals surface area contributed by atoms with E-state index in [1.165, 1.54) is 6.92 Å². The molecular formula is C7H12O3. The molecule has 1 atom stereocenters. The summed E-state index contributed by atoms with van der Waals surface area (Å²) in [5.41, 5.74) is 0. The molecule has 0 aromatic rings. The van der Waals surface area contributed by atoms with Gasteiger partial charge < -0.3 is 5.11 Å². The topological polar surface area (TPSA) is 54.4 Å². The fourth-order valence-corrected chi connectivity index (χ4v) is 0.622. The second kappa shape index (κ2) is 3.34. The Bertz CT molecular complexity index is 149. The van der Waals surface area contributed by atoms with Crippen LogP contribution in [0.1, 0.15) is 20.8 Å². The number of carbonyl (C=O) groups is 2. The van der Waals surface area contributed by atoms with Gasteiger partial charge in [0.05, 0.1) is 0 Å². The molecule has 0 aromatic carbocycles. The molecule has 1 unspecified atom stereocenters. The minimum atomic E-state index is -1.04. The molecule has 0 saturated heterocycles. The molecule has 0 amide bonds. The van der Waals surface area contributed by atoms with Crippen LogP contribution in [0.15, 0.2) is 0 Å². The van der Waals surface area contributed by atoms with Crippen molar-refractivity contribution >= 4 is 11.8 Å². The lowest BCUT2D eigenvalue weighted by molar-refractivity contribution is -0.146. The molecule has 10 heavy (non-hydrogen) atoms. The normalized spacial score (nSPS) is 13.2. The highest BCUT2D eigenvalue weighted by molar-refractivity contribution is 5.98.